The summed E-state index contributed by atoms with van der Waals surface area (Å²) < 4.78 is 7.37. The highest BCUT2D eigenvalue weighted by Gasteiger charge is 2.28. The van der Waals surface area contributed by atoms with Crippen LogP contribution in [0.5, 0.6) is 0 Å². The van der Waals surface area contributed by atoms with E-state index in [2.05, 4.69) is 10.9 Å². The predicted octanol–water partition coefficient (Wildman–Crippen LogP) is 3.56. The third-order valence-electron chi connectivity index (χ3n) is 5.72. The maximum atomic E-state index is 12.6. The lowest BCUT2D eigenvalue weighted by Crippen LogP contribution is -2.43. The molecule has 2 heterocycles. The number of fused-ring (bicyclic) bond motifs is 2. The number of cyclic esters (lactones) is 1. The van der Waals surface area contributed by atoms with Crippen molar-refractivity contribution in [1.82, 2.24) is 15.4 Å². The van der Waals surface area contributed by atoms with Gasteiger partial charge in [-0.05, 0) is 46.8 Å². The number of hydrogen-bond donors (Lipinski definition) is 2. The van der Waals surface area contributed by atoms with E-state index in [1.54, 1.807) is 18.2 Å². The average molecular weight is 439 g/mol. The zero-order valence-corrected chi connectivity index (χ0v) is 17.7. The lowest BCUT2D eigenvalue weighted by molar-refractivity contribution is -0.122. The predicted molar refractivity (Wildman–Crippen MR) is 122 cm³/mol. The molecule has 2 amide bonds. The number of carbonyl (C=O) groups is 3. The minimum atomic E-state index is -0.460. The molecule has 1 aliphatic rings. The molecule has 33 heavy (non-hydrogen) atoms. The van der Waals surface area contributed by atoms with Crippen molar-refractivity contribution in [2.75, 3.05) is 0 Å². The minimum Gasteiger partial charge on any atom is -0.454 e. The van der Waals surface area contributed by atoms with Gasteiger partial charge < -0.3 is 9.30 Å². The van der Waals surface area contributed by atoms with E-state index >= 15 is 0 Å². The van der Waals surface area contributed by atoms with E-state index < -0.39 is 18.0 Å². The molecule has 0 saturated carbocycles. The molecule has 7 heteroatoms. The number of para-hydroxylation sites is 1. The maximum Gasteiger partial charge on any atom is 0.339 e. The van der Waals surface area contributed by atoms with E-state index in [1.165, 1.54) is 0 Å². The molecule has 0 fully saturated rings. The maximum absolute atomic E-state index is 12.6. The molecular formula is C26H21N3O4. The highest BCUT2D eigenvalue weighted by atomic mass is 16.5. The van der Waals surface area contributed by atoms with Gasteiger partial charge in [-0.25, -0.2) is 4.79 Å². The highest BCUT2D eigenvalue weighted by Crippen LogP contribution is 2.31. The van der Waals surface area contributed by atoms with Gasteiger partial charge in [0.2, 0.25) is 0 Å². The van der Waals surface area contributed by atoms with Crippen LogP contribution in [0.2, 0.25) is 0 Å². The standard InChI is InChI=1S/C26H21N3O4/c30-24(16-29-13-12-17-6-4-5-9-22(17)29)27-28-25(31)19-10-11-21-20(14-19)15-23(33-26(21)32)18-7-2-1-3-8-18/h1-14,23H,15-16H2,(H,27,30)(H,28,31). The molecule has 0 radical (unpaired) electrons. The molecule has 0 saturated heterocycles. The molecule has 1 aromatic heterocycles. The molecule has 164 valence electrons. The van der Waals surface area contributed by atoms with Crippen LogP contribution in [0.25, 0.3) is 10.9 Å². The highest BCUT2D eigenvalue weighted by molar-refractivity contribution is 5.98. The minimum absolute atomic E-state index is 0.0720. The molecule has 1 unspecified atom stereocenters. The summed E-state index contributed by atoms with van der Waals surface area (Å²) in [5.74, 6) is -1.22. The largest absolute Gasteiger partial charge is 0.454 e. The number of benzene rings is 3. The fraction of sp³-hybridized carbons (Fsp3) is 0.115. The van der Waals surface area contributed by atoms with Crippen LogP contribution in [0.3, 0.4) is 0 Å². The third-order valence-corrected chi connectivity index (χ3v) is 5.72. The lowest BCUT2D eigenvalue weighted by Gasteiger charge is -2.25. The number of rotatable bonds is 4. The van der Waals surface area contributed by atoms with Gasteiger partial charge in [0.15, 0.2) is 0 Å². The second-order valence-corrected chi connectivity index (χ2v) is 7.89. The Morgan fingerprint density at radius 1 is 0.939 bits per heavy atom. The Bertz CT molecular complexity index is 1360. The first-order valence-electron chi connectivity index (χ1n) is 10.6. The summed E-state index contributed by atoms with van der Waals surface area (Å²) in [4.78, 5) is 37.4. The summed E-state index contributed by atoms with van der Waals surface area (Å²) in [6.07, 6.45) is 1.90. The number of aromatic nitrogens is 1. The van der Waals surface area contributed by atoms with Gasteiger partial charge in [-0.15, -0.1) is 0 Å². The molecule has 1 atom stereocenters. The van der Waals surface area contributed by atoms with Gasteiger partial charge in [-0.2, -0.15) is 0 Å². The average Bonchev–Trinajstić information content (AvgIpc) is 3.25. The van der Waals surface area contributed by atoms with Crippen molar-refractivity contribution in [3.05, 3.63) is 107 Å². The SMILES string of the molecule is O=C(Cn1ccc2ccccc21)NNC(=O)c1ccc2c(c1)CC(c1ccccc1)OC2=O. The van der Waals surface area contributed by atoms with Gasteiger partial charge in [0.25, 0.3) is 11.8 Å². The van der Waals surface area contributed by atoms with Gasteiger partial charge in [0, 0.05) is 23.7 Å². The molecule has 2 N–H and O–H groups in total. The lowest BCUT2D eigenvalue weighted by atomic mass is 9.93. The molecule has 5 rings (SSSR count). The monoisotopic (exact) mass is 439 g/mol. The van der Waals surface area contributed by atoms with Crippen molar-refractivity contribution in [3.8, 4) is 0 Å². The van der Waals surface area contributed by atoms with E-state index in [-0.39, 0.29) is 12.5 Å². The second kappa shape index (κ2) is 8.63. The summed E-state index contributed by atoms with van der Waals surface area (Å²) in [6, 6.07) is 24.0. The van der Waals surface area contributed by atoms with Gasteiger partial charge in [0.05, 0.1) is 5.56 Å². The van der Waals surface area contributed by atoms with Crippen LogP contribution in [0, 0.1) is 0 Å². The van der Waals surface area contributed by atoms with Crippen molar-refractivity contribution < 1.29 is 19.1 Å². The van der Waals surface area contributed by atoms with Gasteiger partial charge in [0.1, 0.15) is 12.6 Å². The first kappa shape index (κ1) is 20.5. The van der Waals surface area contributed by atoms with E-state index in [9.17, 15) is 14.4 Å². The zero-order chi connectivity index (χ0) is 22.8. The number of nitrogens with one attached hydrogen (secondary N) is 2. The van der Waals surface area contributed by atoms with E-state index in [0.717, 1.165) is 22.0 Å². The molecule has 7 nitrogen and oxygen atoms in total. The Balaban J connectivity index is 1.25. The first-order chi connectivity index (χ1) is 16.1. The van der Waals surface area contributed by atoms with Gasteiger partial charge in [-0.3, -0.25) is 20.4 Å². The van der Waals surface area contributed by atoms with E-state index in [1.807, 2.05) is 71.4 Å². The number of hydrazine groups is 1. The van der Waals surface area contributed by atoms with Gasteiger partial charge in [-0.1, -0.05) is 48.5 Å². The fourth-order valence-electron chi connectivity index (χ4n) is 4.06. The number of amides is 2. The Labute approximate surface area is 189 Å². The van der Waals surface area contributed by atoms with Crippen LogP contribution < -0.4 is 10.9 Å². The Hall–Kier alpha value is -4.39. The molecular weight excluding hydrogens is 418 g/mol. The van der Waals surface area contributed by atoms with E-state index in [0.29, 0.717) is 17.5 Å². The van der Waals surface area contributed by atoms with Crippen LogP contribution in [0.4, 0.5) is 0 Å². The quantitative estimate of drug-likeness (QED) is 0.376. The van der Waals surface area contributed by atoms with Crippen LogP contribution in [-0.4, -0.2) is 22.4 Å². The number of esters is 1. The van der Waals surface area contributed by atoms with Crippen molar-refractivity contribution in [2.24, 2.45) is 0 Å². The Morgan fingerprint density at radius 2 is 1.73 bits per heavy atom. The third kappa shape index (κ3) is 4.21. The molecule has 3 aromatic carbocycles. The van der Waals surface area contributed by atoms with Crippen LogP contribution in [-0.2, 0) is 22.5 Å². The number of nitrogens with zero attached hydrogens (tertiary/aromatic N) is 1. The first-order valence-corrected chi connectivity index (χ1v) is 10.6. The zero-order valence-electron chi connectivity index (χ0n) is 17.7. The van der Waals surface area contributed by atoms with E-state index in [4.69, 9.17) is 4.74 Å². The molecule has 0 spiro atoms. The van der Waals surface area contributed by atoms with Crippen molar-refractivity contribution in [2.45, 2.75) is 19.1 Å². The molecule has 0 aliphatic carbocycles. The van der Waals surface area contributed by atoms with Crippen LogP contribution in [0.15, 0.2) is 85.1 Å². The normalized spacial score (nSPS) is 14.9. The summed E-state index contributed by atoms with van der Waals surface area (Å²) >= 11 is 0. The Kier molecular flexibility index (Phi) is 5.36. The fourth-order valence-corrected chi connectivity index (χ4v) is 4.06. The smallest absolute Gasteiger partial charge is 0.339 e. The molecule has 4 aromatic rings. The van der Waals surface area contributed by atoms with Gasteiger partial charge >= 0.3 is 5.97 Å². The van der Waals surface area contributed by atoms with Crippen molar-refractivity contribution in [1.29, 1.82) is 0 Å². The van der Waals surface area contributed by atoms with Crippen LogP contribution >= 0.6 is 0 Å². The topological polar surface area (TPSA) is 89.4 Å². The number of carbonyl (C=O) groups excluding carboxylic acids is 3. The van der Waals surface area contributed by atoms with Crippen molar-refractivity contribution in [3.63, 3.8) is 0 Å². The summed E-state index contributed by atoms with van der Waals surface area (Å²) in [7, 11) is 0. The summed E-state index contributed by atoms with van der Waals surface area (Å²) in [6.45, 7) is 0.0720. The van der Waals surface area contributed by atoms with Crippen LogP contribution in [0.1, 0.15) is 37.9 Å². The van der Waals surface area contributed by atoms with Crippen molar-refractivity contribution >= 4 is 28.7 Å². The molecule has 1 aliphatic heterocycles. The Morgan fingerprint density at radius 3 is 2.58 bits per heavy atom. The summed E-state index contributed by atoms with van der Waals surface area (Å²) in [5, 5.41) is 1.04. The number of ether oxygens (including phenoxy) is 1. The number of hydrogen-bond acceptors (Lipinski definition) is 4. The molecule has 0 bridgehead atoms. The summed E-state index contributed by atoms with van der Waals surface area (Å²) in [5.41, 5.74) is 8.28. The second-order valence-electron chi connectivity index (χ2n) is 7.89.